The Labute approximate surface area is 89.0 Å². The summed E-state index contributed by atoms with van der Waals surface area (Å²) in [4.78, 5) is 33.3. The quantitative estimate of drug-likeness (QED) is 0.581. The highest BCUT2D eigenvalue weighted by Gasteiger charge is 2.34. The van der Waals surface area contributed by atoms with Crippen LogP contribution in [0.4, 0.5) is 0 Å². The zero-order valence-electron chi connectivity index (χ0n) is 7.56. The van der Waals surface area contributed by atoms with Gasteiger partial charge in [-0.1, -0.05) is 0 Å². The first-order chi connectivity index (χ1) is 7.16. The summed E-state index contributed by atoms with van der Waals surface area (Å²) in [6.07, 6.45) is -0.0886. The van der Waals surface area contributed by atoms with E-state index in [1.807, 2.05) is 0 Å². The van der Waals surface area contributed by atoms with Crippen molar-refractivity contribution in [1.29, 1.82) is 0 Å². The Hall–Kier alpha value is -1.69. The molecule has 1 aromatic heterocycles. The van der Waals surface area contributed by atoms with E-state index in [1.54, 1.807) is 16.8 Å². The van der Waals surface area contributed by atoms with E-state index in [1.165, 1.54) is 11.3 Å². The lowest BCUT2D eigenvalue weighted by Crippen LogP contribution is -2.37. The smallest absolute Gasteiger partial charge is 0.336 e. The fourth-order valence-corrected chi connectivity index (χ4v) is 1.86. The molecule has 1 saturated heterocycles. The number of carbonyl (C=O) groups excluding carboxylic acids is 3. The van der Waals surface area contributed by atoms with Crippen LogP contribution < -0.4 is 5.32 Å². The van der Waals surface area contributed by atoms with E-state index in [0.29, 0.717) is 5.56 Å². The van der Waals surface area contributed by atoms with Crippen molar-refractivity contribution >= 4 is 29.2 Å². The molecule has 1 fully saturated rings. The maximum atomic E-state index is 11.5. The first-order valence-electron chi connectivity index (χ1n) is 4.24. The third kappa shape index (κ3) is 2.04. The van der Waals surface area contributed by atoms with Crippen molar-refractivity contribution in [2.75, 3.05) is 0 Å². The van der Waals surface area contributed by atoms with Gasteiger partial charge in [0, 0.05) is 5.38 Å². The van der Waals surface area contributed by atoms with Gasteiger partial charge in [0.25, 0.3) is 5.91 Å². The summed E-state index contributed by atoms with van der Waals surface area (Å²) < 4.78 is 4.30. The van der Waals surface area contributed by atoms with Crippen molar-refractivity contribution in [2.45, 2.75) is 12.5 Å². The molecule has 78 valence electrons. The van der Waals surface area contributed by atoms with Crippen LogP contribution in [0.1, 0.15) is 16.8 Å². The van der Waals surface area contributed by atoms with Gasteiger partial charge in [0.2, 0.25) is 0 Å². The number of thiophene rings is 1. The van der Waals surface area contributed by atoms with E-state index in [2.05, 4.69) is 10.1 Å². The highest BCUT2D eigenvalue weighted by Crippen LogP contribution is 2.10. The van der Waals surface area contributed by atoms with Gasteiger partial charge in [0.05, 0.1) is 12.0 Å². The van der Waals surface area contributed by atoms with E-state index < -0.39 is 18.0 Å². The largest absolute Gasteiger partial charge is 0.392 e. The van der Waals surface area contributed by atoms with Crippen LogP contribution in [0.5, 0.6) is 0 Å². The van der Waals surface area contributed by atoms with Gasteiger partial charge in [0.15, 0.2) is 0 Å². The number of amides is 1. The van der Waals surface area contributed by atoms with Crippen LogP contribution in [0.15, 0.2) is 16.8 Å². The van der Waals surface area contributed by atoms with E-state index in [-0.39, 0.29) is 12.3 Å². The lowest BCUT2D eigenvalue weighted by molar-refractivity contribution is -0.152. The van der Waals surface area contributed by atoms with Crippen LogP contribution >= 0.6 is 11.3 Å². The summed E-state index contributed by atoms with van der Waals surface area (Å²) in [6.45, 7) is 0. The van der Waals surface area contributed by atoms with Crippen molar-refractivity contribution in [3.63, 3.8) is 0 Å². The number of ether oxygens (including phenoxy) is 1. The molecule has 1 N–H and O–H groups in total. The molecule has 0 saturated carbocycles. The maximum Gasteiger partial charge on any atom is 0.336 e. The van der Waals surface area contributed by atoms with Crippen LogP contribution in [0.25, 0.3) is 0 Å². The Balaban J connectivity index is 2.01. The fraction of sp³-hybridized carbons (Fsp3) is 0.222. The van der Waals surface area contributed by atoms with E-state index >= 15 is 0 Å². The first-order valence-corrected chi connectivity index (χ1v) is 5.18. The number of cyclic esters (lactones) is 2. The first kappa shape index (κ1) is 9.85. The highest BCUT2D eigenvalue weighted by atomic mass is 32.1. The molecule has 0 aromatic carbocycles. The average Bonchev–Trinajstić information content (AvgIpc) is 2.76. The summed E-state index contributed by atoms with van der Waals surface area (Å²) in [5, 5.41) is 5.85. The monoisotopic (exact) mass is 225 g/mol. The topological polar surface area (TPSA) is 72.5 Å². The van der Waals surface area contributed by atoms with E-state index in [9.17, 15) is 14.4 Å². The number of esters is 2. The van der Waals surface area contributed by atoms with Gasteiger partial charge in [0.1, 0.15) is 6.04 Å². The standard InChI is InChI=1S/C9H7NO4S/c11-7-3-6(9(13)14-7)10-8(12)5-1-2-15-4-5/h1-2,4,6H,3H2,(H,10,12). The molecule has 15 heavy (non-hydrogen) atoms. The second-order valence-corrected chi connectivity index (χ2v) is 3.82. The summed E-state index contributed by atoms with van der Waals surface area (Å²) in [5.41, 5.74) is 0.479. The molecule has 1 amide bonds. The Morgan fingerprint density at radius 3 is 2.87 bits per heavy atom. The molecule has 1 aliphatic heterocycles. The van der Waals surface area contributed by atoms with Gasteiger partial charge < -0.3 is 10.1 Å². The molecule has 1 unspecified atom stereocenters. The molecule has 5 nitrogen and oxygen atoms in total. The van der Waals surface area contributed by atoms with E-state index in [0.717, 1.165) is 0 Å². The zero-order chi connectivity index (χ0) is 10.8. The molecule has 2 heterocycles. The van der Waals surface area contributed by atoms with Gasteiger partial charge in [-0.05, 0) is 11.4 Å². The molecule has 0 aliphatic carbocycles. The highest BCUT2D eigenvalue weighted by molar-refractivity contribution is 7.08. The van der Waals surface area contributed by atoms with Crippen LogP contribution in [0.2, 0.25) is 0 Å². The van der Waals surface area contributed by atoms with Gasteiger partial charge in [-0.3, -0.25) is 9.59 Å². The summed E-state index contributed by atoms with van der Waals surface area (Å²) in [6, 6.07) is 0.798. The molecular formula is C9H7NO4S. The Kier molecular flexibility index (Phi) is 2.51. The molecule has 0 bridgehead atoms. The lowest BCUT2D eigenvalue weighted by Gasteiger charge is -2.05. The molecule has 1 aromatic rings. The second-order valence-electron chi connectivity index (χ2n) is 3.04. The van der Waals surface area contributed by atoms with E-state index in [4.69, 9.17) is 0 Å². The van der Waals surface area contributed by atoms with Crippen molar-refractivity contribution in [1.82, 2.24) is 5.32 Å². The van der Waals surface area contributed by atoms with Gasteiger partial charge in [-0.15, -0.1) is 0 Å². The van der Waals surface area contributed by atoms with Gasteiger partial charge >= 0.3 is 11.9 Å². The van der Waals surface area contributed by atoms with Gasteiger partial charge in [-0.2, -0.15) is 11.3 Å². The molecule has 1 atom stereocenters. The van der Waals surface area contributed by atoms with Crippen LogP contribution in [0, 0.1) is 0 Å². The van der Waals surface area contributed by atoms with Crippen LogP contribution in [0.3, 0.4) is 0 Å². The van der Waals surface area contributed by atoms with Gasteiger partial charge in [-0.25, -0.2) is 4.79 Å². The normalized spacial score (nSPS) is 20.1. The lowest BCUT2D eigenvalue weighted by atomic mass is 10.2. The molecule has 0 radical (unpaired) electrons. The minimum atomic E-state index is -0.843. The summed E-state index contributed by atoms with van der Waals surface area (Å²) in [5.74, 6) is -1.66. The Morgan fingerprint density at radius 1 is 1.53 bits per heavy atom. The molecule has 1 aliphatic rings. The predicted octanol–water partition coefficient (Wildman–Crippen LogP) is 0.320. The van der Waals surface area contributed by atoms with Crippen LogP contribution in [-0.4, -0.2) is 23.9 Å². The molecule has 2 rings (SSSR count). The summed E-state index contributed by atoms with van der Waals surface area (Å²) in [7, 11) is 0. The number of hydrogen-bond donors (Lipinski definition) is 1. The third-order valence-corrected chi connectivity index (χ3v) is 2.64. The predicted molar refractivity (Wildman–Crippen MR) is 51.3 cm³/mol. The molecule has 0 spiro atoms. The SMILES string of the molecule is O=C1CC(NC(=O)c2ccsc2)C(=O)O1. The number of hydrogen-bond acceptors (Lipinski definition) is 5. The van der Waals surface area contributed by atoms with Crippen molar-refractivity contribution in [3.8, 4) is 0 Å². The maximum absolute atomic E-state index is 11.5. The zero-order valence-corrected chi connectivity index (χ0v) is 8.37. The Morgan fingerprint density at radius 2 is 2.33 bits per heavy atom. The van der Waals surface area contributed by atoms with Crippen molar-refractivity contribution < 1.29 is 19.1 Å². The average molecular weight is 225 g/mol. The van der Waals surface area contributed by atoms with Crippen LogP contribution in [-0.2, 0) is 14.3 Å². The Bertz CT molecular complexity index is 412. The minimum Gasteiger partial charge on any atom is -0.392 e. The number of rotatable bonds is 2. The van der Waals surface area contributed by atoms with Crippen molar-refractivity contribution in [3.05, 3.63) is 22.4 Å². The number of carbonyl (C=O) groups is 3. The fourth-order valence-electron chi connectivity index (χ4n) is 1.22. The molecule has 6 heteroatoms. The summed E-state index contributed by atoms with van der Waals surface area (Å²) >= 11 is 1.38. The second kappa shape index (κ2) is 3.82. The van der Waals surface area contributed by atoms with Crippen molar-refractivity contribution in [2.24, 2.45) is 0 Å². The minimum absolute atomic E-state index is 0.0886. The third-order valence-electron chi connectivity index (χ3n) is 1.96. The number of nitrogens with one attached hydrogen (secondary N) is 1. The molecular weight excluding hydrogens is 218 g/mol.